The van der Waals surface area contributed by atoms with Crippen LogP contribution < -0.4 is 11.1 Å². The lowest BCUT2D eigenvalue weighted by Crippen LogP contribution is -2.33. The van der Waals surface area contributed by atoms with Crippen LogP contribution in [0.1, 0.15) is 12.0 Å². The summed E-state index contributed by atoms with van der Waals surface area (Å²) in [5.74, 6) is -0.0241. The maximum atomic E-state index is 11.8. The number of nitrogens with zero attached hydrogens (tertiary/aromatic N) is 1. The zero-order valence-electron chi connectivity index (χ0n) is 10.9. The maximum Gasteiger partial charge on any atom is 0.238 e. The highest BCUT2D eigenvalue weighted by molar-refractivity contribution is 6.31. The second-order valence-electron chi connectivity index (χ2n) is 4.80. The van der Waals surface area contributed by atoms with Gasteiger partial charge in [-0.2, -0.15) is 0 Å². The summed E-state index contributed by atoms with van der Waals surface area (Å²) in [6.07, 6.45) is 0.962. The van der Waals surface area contributed by atoms with Crippen molar-refractivity contribution >= 4 is 35.6 Å². The highest BCUT2D eigenvalue weighted by Crippen LogP contribution is 2.20. The molecule has 1 heterocycles. The molecule has 0 saturated carbocycles. The first-order valence-corrected chi connectivity index (χ1v) is 6.46. The zero-order chi connectivity index (χ0) is 13.1. The smallest absolute Gasteiger partial charge is 0.238 e. The number of hydrogen-bond donors (Lipinski definition) is 2. The van der Waals surface area contributed by atoms with Crippen molar-refractivity contribution in [3.05, 3.63) is 28.8 Å². The van der Waals surface area contributed by atoms with Gasteiger partial charge in [0.1, 0.15) is 0 Å². The summed E-state index contributed by atoms with van der Waals surface area (Å²) in [6.45, 7) is 4.00. The number of aryl methyl sites for hydroxylation is 1. The molecular formula is C13H19Cl2N3O. The molecule has 4 nitrogen and oxygen atoms in total. The molecular weight excluding hydrogens is 285 g/mol. The summed E-state index contributed by atoms with van der Waals surface area (Å²) >= 11 is 6.01. The van der Waals surface area contributed by atoms with E-state index in [4.69, 9.17) is 17.3 Å². The lowest BCUT2D eigenvalue weighted by molar-refractivity contribution is -0.117. The minimum atomic E-state index is -0.0241. The quantitative estimate of drug-likeness (QED) is 0.898. The van der Waals surface area contributed by atoms with Crippen molar-refractivity contribution in [1.29, 1.82) is 0 Å². The van der Waals surface area contributed by atoms with E-state index in [0.29, 0.717) is 11.6 Å². The lowest BCUT2D eigenvalue weighted by atomic mass is 10.2. The molecule has 1 aliphatic rings. The van der Waals surface area contributed by atoms with Crippen molar-refractivity contribution in [1.82, 2.24) is 4.90 Å². The van der Waals surface area contributed by atoms with Gasteiger partial charge in [-0.05, 0) is 31.0 Å². The average Bonchev–Trinajstić information content (AvgIpc) is 2.69. The fourth-order valence-electron chi connectivity index (χ4n) is 2.08. The molecule has 0 aromatic heterocycles. The lowest BCUT2D eigenvalue weighted by Gasteiger charge is -2.14. The van der Waals surface area contributed by atoms with Gasteiger partial charge in [0, 0.05) is 29.8 Å². The fourth-order valence-corrected chi connectivity index (χ4v) is 2.26. The Labute approximate surface area is 124 Å². The second-order valence-corrected chi connectivity index (χ2v) is 5.20. The van der Waals surface area contributed by atoms with Crippen molar-refractivity contribution in [3.8, 4) is 0 Å². The number of likely N-dealkylation sites (tertiary alicyclic amines) is 1. The van der Waals surface area contributed by atoms with Crippen LogP contribution in [0.5, 0.6) is 0 Å². The first kappa shape index (κ1) is 16.2. The number of rotatable bonds is 3. The maximum absolute atomic E-state index is 11.8. The third kappa shape index (κ3) is 4.66. The number of carbonyl (C=O) groups excluding carboxylic acids is 1. The summed E-state index contributed by atoms with van der Waals surface area (Å²) in [5.41, 5.74) is 7.53. The molecule has 3 N–H and O–H groups in total. The number of benzene rings is 1. The average molecular weight is 304 g/mol. The van der Waals surface area contributed by atoms with E-state index in [2.05, 4.69) is 10.2 Å². The van der Waals surface area contributed by atoms with E-state index < -0.39 is 0 Å². The number of nitrogens with one attached hydrogen (secondary N) is 1. The summed E-state index contributed by atoms with van der Waals surface area (Å²) in [7, 11) is 0. The standard InChI is InChI=1S/C13H18ClN3O.ClH/c1-9-2-3-11(6-12(9)14)16-13(18)8-17-5-4-10(15)7-17;/h2-3,6,10H,4-5,7-8,15H2,1H3,(H,16,18);1H/t10-;/m0./s1. The predicted molar refractivity (Wildman–Crippen MR) is 81.1 cm³/mol. The van der Waals surface area contributed by atoms with Crippen LogP contribution in [-0.4, -0.2) is 36.5 Å². The first-order chi connectivity index (χ1) is 8.54. The Morgan fingerprint density at radius 1 is 1.58 bits per heavy atom. The van der Waals surface area contributed by atoms with Gasteiger partial charge in [0.25, 0.3) is 0 Å². The van der Waals surface area contributed by atoms with E-state index in [1.54, 1.807) is 6.07 Å². The van der Waals surface area contributed by atoms with E-state index in [-0.39, 0.29) is 24.4 Å². The van der Waals surface area contributed by atoms with Crippen LogP contribution in [0.2, 0.25) is 5.02 Å². The summed E-state index contributed by atoms with van der Waals surface area (Å²) in [6, 6.07) is 5.72. The Balaban J connectivity index is 0.00000180. The molecule has 19 heavy (non-hydrogen) atoms. The van der Waals surface area contributed by atoms with Crippen LogP contribution in [-0.2, 0) is 4.79 Å². The largest absolute Gasteiger partial charge is 0.326 e. The van der Waals surface area contributed by atoms with Crippen LogP contribution >= 0.6 is 24.0 Å². The molecule has 1 amide bonds. The molecule has 1 saturated heterocycles. The Morgan fingerprint density at radius 3 is 2.89 bits per heavy atom. The van der Waals surface area contributed by atoms with Gasteiger partial charge >= 0.3 is 0 Å². The van der Waals surface area contributed by atoms with E-state index >= 15 is 0 Å². The van der Waals surface area contributed by atoms with Gasteiger partial charge in [-0.3, -0.25) is 9.69 Å². The molecule has 0 bridgehead atoms. The highest BCUT2D eigenvalue weighted by Gasteiger charge is 2.20. The second kappa shape index (κ2) is 7.10. The molecule has 1 aromatic rings. The Kier molecular flexibility index (Phi) is 6.07. The van der Waals surface area contributed by atoms with Crippen LogP contribution in [0.15, 0.2) is 18.2 Å². The molecule has 0 unspecified atom stereocenters. The van der Waals surface area contributed by atoms with Gasteiger partial charge in [0.15, 0.2) is 0 Å². The fraction of sp³-hybridized carbons (Fsp3) is 0.462. The minimum absolute atomic E-state index is 0. The van der Waals surface area contributed by atoms with Crippen molar-refractivity contribution in [2.75, 3.05) is 25.0 Å². The van der Waals surface area contributed by atoms with Gasteiger partial charge in [0.05, 0.1) is 6.54 Å². The number of carbonyl (C=O) groups is 1. The van der Waals surface area contributed by atoms with Crippen molar-refractivity contribution < 1.29 is 4.79 Å². The predicted octanol–water partition coefficient (Wildman–Crippen LogP) is 2.04. The van der Waals surface area contributed by atoms with Gasteiger partial charge in [-0.15, -0.1) is 12.4 Å². The topological polar surface area (TPSA) is 58.4 Å². The van der Waals surface area contributed by atoms with Crippen molar-refractivity contribution in [3.63, 3.8) is 0 Å². The Morgan fingerprint density at radius 2 is 2.32 bits per heavy atom. The SMILES string of the molecule is Cc1ccc(NC(=O)CN2CC[C@H](N)C2)cc1Cl.Cl. The molecule has 1 atom stereocenters. The first-order valence-electron chi connectivity index (χ1n) is 6.08. The van der Waals surface area contributed by atoms with Gasteiger partial charge in [-0.1, -0.05) is 17.7 Å². The molecule has 0 radical (unpaired) electrons. The van der Waals surface area contributed by atoms with E-state index in [9.17, 15) is 4.79 Å². The van der Waals surface area contributed by atoms with Crippen LogP contribution in [0.3, 0.4) is 0 Å². The van der Waals surface area contributed by atoms with E-state index in [1.165, 1.54) is 0 Å². The van der Waals surface area contributed by atoms with Crippen molar-refractivity contribution in [2.24, 2.45) is 5.73 Å². The molecule has 1 aromatic carbocycles. The van der Waals surface area contributed by atoms with Gasteiger partial charge < -0.3 is 11.1 Å². The van der Waals surface area contributed by atoms with Crippen LogP contribution in [0.25, 0.3) is 0 Å². The molecule has 1 fully saturated rings. The molecule has 0 spiro atoms. The molecule has 1 aliphatic heterocycles. The van der Waals surface area contributed by atoms with Gasteiger partial charge in [0.2, 0.25) is 5.91 Å². The van der Waals surface area contributed by atoms with Crippen LogP contribution in [0, 0.1) is 6.92 Å². The van der Waals surface area contributed by atoms with Gasteiger partial charge in [-0.25, -0.2) is 0 Å². The molecule has 106 valence electrons. The molecule has 2 rings (SSSR count). The Bertz CT molecular complexity index is 454. The molecule has 6 heteroatoms. The summed E-state index contributed by atoms with van der Waals surface area (Å²) in [4.78, 5) is 13.9. The summed E-state index contributed by atoms with van der Waals surface area (Å²) < 4.78 is 0. The zero-order valence-corrected chi connectivity index (χ0v) is 12.4. The molecule has 0 aliphatic carbocycles. The number of nitrogens with two attached hydrogens (primary N) is 1. The minimum Gasteiger partial charge on any atom is -0.326 e. The van der Waals surface area contributed by atoms with E-state index in [1.807, 2.05) is 19.1 Å². The third-order valence-corrected chi connectivity index (χ3v) is 3.54. The third-order valence-electron chi connectivity index (χ3n) is 3.13. The van der Waals surface area contributed by atoms with Crippen LogP contribution in [0.4, 0.5) is 5.69 Å². The Hall–Kier alpha value is -0.810. The normalized spacial score (nSPS) is 19.0. The van der Waals surface area contributed by atoms with Crippen molar-refractivity contribution in [2.45, 2.75) is 19.4 Å². The number of halogens is 2. The monoisotopic (exact) mass is 303 g/mol. The highest BCUT2D eigenvalue weighted by atomic mass is 35.5. The summed E-state index contributed by atoms with van der Waals surface area (Å²) in [5, 5.41) is 3.51. The van der Waals surface area contributed by atoms with E-state index in [0.717, 1.165) is 30.8 Å². The number of anilines is 1. The number of hydrogen-bond acceptors (Lipinski definition) is 3. The number of amides is 1.